The van der Waals surface area contributed by atoms with E-state index in [1.54, 1.807) is 0 Å². The van der Waals surface area contributed by atoms with Crippen molar-refractivity contribution in [2.75, 3.05) is 23.7 Å². The third-order valence-corrected chi connectivity index (χ3v) is 3.29. The monoisotopic (exact) mass is 234 g/mol. The molecule has 1 fully saturated rings. The molecule has 0 aliphatic heterocycles. The fraction of sp³-hybridized carbons (Fsp3) is 0.692. The fourth-order valence-corrected chi connectivity index (χ4v) is 1.88. The zero-order valence-electron chi connectivity index (χ0n) is 10.8. The normalized spacial score (nSPS) is 15.4. The van der Waals surface area contributed by atoms with E-state index in [1.165, 1.54) is 19.3 Å². The van der Waals surface area contributed by atoms with Crippen LogP contribution in [0, 0.1) is 12.8 Å². The predicted molar refractivity (Wildman–Crippen MR) is 71.4 cm³/mol. The second kappa shape index (κ2) is 5.84. The molecule has 0 bridgehead atoms. The average Bonchev–Trinajstić information content (AvgIpc) is 2.27. The van der Waals surface area contributed by atoms with Gasteiger partial charge in [0.1, 0.15) is 5.82 Å². The molecule has 1 heterocycles. The van der Waals surface area contributed by atoms with Gasteiger partial charge in [0.05, 0.1) is 0 Å². The van der Waals surface area contributed by atoms with Crippen LogP contribution in [0.25, 0.3) is 0 Å². The largest absolute Gasteiger partial charge is 0.369 e. The van der Waals surface area contributed by atoms with E-state index in [0.29, 0.717) is 0 Å². The van der Waals surface area contributed by atoms with Crippen molar-refractivity contribution in [3.63, 3.8) is 0 Å². The Morgan fingerprint density at radius 2 is 2.18 bits per heavy atom. The lowest BCUT2D eigenvalue weighted by molar-refractivity contribution is 0.333. The van der Waals surface area contributed by atoms with Crippen LogP contribution in [-0.4, -0.2) is 23.1 Å². The first-order valence-corrected chi connectivity index (χ1v) is 6.61. The van der Waals surface area contributed by atoms with Crippen LogP contribution in [0.3, 0.4) is 0 Å². The van der Waals surface area contributed by atoms with Crippen molar-refractivity contribution in [1.29, 1.82) is 0 Å². The van der Waals surface area contributed by atoms with Crippen molar-refractivity contribution in [2.45, 2.75) is 39.5 Å². The number of anilines is 2. The van der Waals surface area contributed by atoms with Gasteiger partial charge in [-0.25, -0.2) is 4.98 Å². The summed E-state index contributed by atoms with van der Waals surface area (Å²) in [6, 6.07) is 0. The zero-order valence-corrected chi connectivity index (χ0v) is 10.8. The van der Waals surface area contributed by atoms with Crippen LogP contribution in [0.5, 0.6) is 0 Å². The van der Waals surface area contributed by atoms with Crippen LogP contribution in [-0.2, 0) is 0 Å². The highest BCUT2D eigenvalue weighted by Gasteiger charge is 2.17. The third-order valence-electron chi connectivity index (χ3n) is 3.29. The maximum Gasteiger partial charge on any atom is 0.224 e. The Morgan fingerprint density at radius 1 is 1.35 bits per heavy atom. The Labute approximate surface area is 103 Å². The summed E-state index contributed by atoms with van der Waals surface area (Å²) < 4.78 is 0. The molecule has 1 aliphatic rings. The van der Waals surface area contributed by atoms with E-state index in [-0.39, 0.29) is 0 Å². The quantitative estimate of drug-likeness (QED) is 0.794. The number of aryl methyl sites for hydroxylation is 1. The maximum atomic E-state index is 4.51. The topological polar surface area (TPSA) is 49.8 Å². The molecule has 0 unspecified atom stereocenters. The Bertz CT molecular complexity index is 360. The Morgan fingerprint density at radius 3 is 2.82 bits per heavy atom. The second-order valence-corrected chi connectivity index (χ2v) is 4.83. The van der Waals surface area contributed by atoms with Gasteiger partial charge in [-0.15, -0.1) is 0 Å². The smallest absolute Gasteiger partial charge is 0.224 e. The summed E-state index contributed by atoms with van der Waals surface area (Å²) in [5.41, 5.74) is 1.12. The number of hydrogen-bond acceptors (Lipinski definition) is 4. The van der Waals surface area contributed by atoms with Crippen molar-refractivity contribution < 1.29 is 0 Å². The van der Waals surface area contributed by atoms with Gasteiger partial charge in [0.25, 0.3) is 0 Å². The molecule has 4 nitrogen and oxygen atoms in total. The molecule has 0 spiro atoms. The zero-order chi connectivity index (χ0) is 12.1. The first-order valence-electron chi connectivity index (χ1n) is 6.61. The molecule has 0 saturated heterocycles. The van der Waals surface area contributed by atoms with Crippen LogP contribution in [0.1, 0.15) is 38.2 Å². The minimum atomic E-state index is 0.730. The molecule has 1 saturated carbocycles. The van der Waals surface area contributed by atoms with E-state index < -0.39 is 0 Å². The predicted octanol–water partition coefficient (Wildman–Crippen LogP) is 2.82. The number of nitrogens with zero attached hydrogens (tertiary/aromatic N) is 2. The van der Waals surface area contributed by atoms with Gasteiger partial charge < -0.3 is 10.6 Å². The van der Waals surface area contributed by atoms with Crippen molar-refractivity contribution in [3.05, 3.63) is 11.8 Å². The molecule has 17 heavy (non-hydrogen) atoms. The van der Waals surface area contributed by atoms with Gasteiger partial charge in [0, 0.05) is 24.8 Å². The molecule has 1 aromatic rings. The molecule has 4 heteroatoms. The minimum Gasteiger partial charge on any atom is -0.369 e. The van der Waals surface area contributed by atoms with Crippen LogP contribution in [0.2, 0.25) is 0 Å². The van der Waals surface area contributed by atoms with E-state index in [2.05, 4.69) is 27.5 Å². The van der Waals surface area contributed by atoms with E-state index in [1.807, 2.05) is 13.1 Å². The van der Waals surface area contributed by atoms with E-state index >= 15 is 0 Å². The highest BCUT2D eigenvalue weighted by molar-refractivity contribution is 5.46. The maximum absolute atomic E-state index is 4.51. The lowest BCUT2D eigenvalue weighted by atomic mass is 9.85. The third kappa shape index (κ3) is 3.32. The molecule has 0 amide bonds. The summed E-state index contributed by atoms with van der Waals surface area (Å²) in [7, 11) is 0. The summed E-state index contributed by atoms with van der Waals surface area (Å²) in [5.74, 6) is 2.55. The van der Waals surface area contributed by atoms with Crippen LogP contribution in [0.4, 0.5) is 11.8 Å². The van der Waals surface area contributed by atoms with Crippen molar-refractivity contribution >= 4 is 11.8 Å². The molecule has 0 aromatic carbocycles. The molecule has 2 N–H and O–H groups in total. The van der Waals surface area contributed by atoms with Crippen molar-refractivity contribution in [3.8, 4) is 0 Å². The second-order valence-electron chi connectivity index (χ2n) is 4.83. The molecule has 94 valence electrons. The first kappa shape index (κ1) is 12.1. The summed E-state index contributed by atoms with van der Waals surface area (Å²) in [6.45, 7) is 6.15. The molecular formula is C13H22N4. The van der Waals surface area contributed by atoms with Gasteiger partial charge in [-0.2, -0.15) is 4.98 Å². The highest BCUT2D eigenvalue weighted by atomic mass is 15.1. The van der Waals surface area contributed by atoms with Gasteiger partial charge in [-0.3, -0.25) is 0 Å². The minimum absolute atomic E-state index is 0.730. The van der Waals surface area contributed by atoms with E-state index in [4.69, 9.17) is 0 Å². The van der Waals surface area contributed by atoms with Gasteiger partial charge in [0.15, 0.2) is 0 Å². The standard InChI is InChI=1S/C13H22N4/c1-3-7-14-13-16-8-10(2)12(17-13)15-9-11-5-4-6-11/h8,11H,3-7,9H2,1-2H3,(H2,14,15,16,17). The lowest BCUT2D eigenvalue weighted by Gasteiger charge is -2.25. The SMILES string of the molecule is CCCNc1ncc(C)c(NCC2CCC2)n1. The average molecular weight is 234 g/mol. The number of hydrogen-bond donors (Lipinski definition) is 2. The molecule has 1 aromatic heterocycles. The summed E-state index contributed by atoms with van der Waals surface area (Å²) in [4.78, 5) is 8.78. The van der Waals surface area contributed by atoms with Gasteiger partial charge in [-0.1, -0.05) is 13.3 Å². The van der Waals surface area contributed by atoms with Gasteiger partial charge in [-0.05, 0) is 32.1 Å². The van der Waals surface area contributed by atoms with Crippen molar-refractivity contribution in [2.24, 2.45) is 5.92 Å². The van der Waals surface area contributed by atoms with Gasteiger partial charge in [0.2, 0.25) is 5.95 Å². The molecule has 0 radical (unpaired) electrons. The lowest BCUT2D eigenvalue weighted by Crippen LogP contribution is -2.22. The Balaban J connectivity index is 1.93. The molecule has 1 aliphatic carbocycles. The van der Waals surface area contributed by atoms with E-state index in [0.717, 1.165) is 42.8 Å². The summed E-state index contributed by atoms with van der Waals surface area (Å²) in [6.07, 6.45) is 7.07. The summed E-state index contributed by atoms with van der Waals surface area (Å²) in [5, 5.41) is 6.66. The molecule has 2 rings (SSSR count). The fourth-order valence-electron chi connectivity index (χ4n) is 1.88. The molecule has 0 atom stereocenters. The number of rotatable bonds is 6. The Kier molecular flexibility index (Phi) is 4.18. The number of nitrogens with one attached hydrogen (secondary N) is 2. The first-order chi connectivity index (χ1) is 8.29. The van der Waals surface area contributed by atoms with Gasteiger partial charge >= 0.3 is 0 Å². The van der Waals surface area contributed by atoms with Crippen LogP contribution >= 0.6 is 0 Å². The van der Waals surface area contributed by atoms with E-state index in [9.17, 15) is 0 Å². The summed E-state index contributed by atoms with van der Waals surface area (Å²) >= 11 is 0. The highest BCUT2D eigenvalue weighted by Crippen LogP contribution is 2.26. The Hall–Kier alpha value is -1.32. The molecular weight excluding hydrogens is 212 g/mol. The van der Waals surface area contributed by atoms with Crippen LogP contribution in [0.15, 0.2) is 6.20 Å². The van der Waals surface area contributed by atoms with Crippen molar-refractivity contribution in [1.82, 2.24) is 9.97 Å². The van der Waals surface area contributed by atoms with Crippen LogP contribution < -0.4 is 10.6 Å². The number of aromatic nitrogens is 2.